The van der Waals surface area contributed by atoms with E-state index in [1.807, 2.05) is 0 Å². The molecule has 0 amide bonds. The van der Waals surface area contributed by atoms with Crippen LogP contribution in [0, 0.1) is 5.41 Å². The van der Waals surface area contributed by atoms with Crippen LogP contribution >= 0.6 is 12.2 Å². The molecule has 2 heterocycles. The van der Waals surface area contributed by atoms with Gasteiger partial charge in [-0.15, -0.1) is 0 Å². The van der Waals surface area contributed by atoms with Gasteiger partial charge >= 0.3 is 0 Å². The first-order chi connectivity index (χ1) is 5.49. The van der Waals surface area contributed by atoms with E-state index in [-0.39, 0.29) is 6.52 Å². The third-order valence-electron chi connectivity index (χ3n) is 2.42. The van der Waals surface area contributed by atoms with Gasteiger partial charge in [-0.3, -0.25) is 0 Å². The van der Waals surface area contributed by atoms with Crippen molar-refractivity contribution in [2.45, 2.75) is 26.3 Å². The summed E-state index contributed by atoms with van der Waals surface area (Å²) in [5, 5.41) is 3.75. The number of hydrogen-bond acceptors (Lipinski definition) is 1. The van der Waals surface area contributed by atoms with Crippen molar-refractivity contribution in [3.8, 4) is 0 Å². The lowest BCUT2D eigenvalue weighted by atomic mass is 9.91. The maximum absolute atomic E-state index is 7.73. The number of hydrogen-bond donors (Lipinski definition) is 1. The van der Waals surface area contributed by atoms with Crippen molar-refractivity contribution in [2.24, 2.45) is 5.41 Å². The van der Waals surface area contributed by atoms with Gasteiger partial charge in [-0.05, 0) is 24.1 Å². The van der Waals surface area contributed by atoms with Crippen LogP contribution in [0.2, 0.25) is 0 Å². The topological polar surface area (TPSA) is 15.3 Å². The summed E-state index contributed by atoms with van der Waals surface area (Å²) in [6.45, 7) is 5.26. The Hall–Kier alpha value is -0.310. The average Bonchev–Trinajstić information content (AvgIpc) is 2.34. The summed E-state index contributed by atoms with van der Waals surface area (Å²) in [4.78, 5) is 2.16. The molecular formula is C8H14N2S. The lowest BCUT2D eigenvalue weighted by Crippen LogP contribution is -2.31. The standard InChI is InChI=1S/C8H14N2S/c1-8(2)3-6-4-9-7(11)10(6)5-8/h6H,3-5H2,1-2H3,(H,9,11)/t6-/m1/s1/i4D/t4-,6-. The minimum Gasteiger partial charge on any atom is -0.360 e. The first kappa shape index (κ1) is 6.23. The molecule has 2 atom stereocenters. The molecule has 2 aliphatic heterocycles. The highest BCUT2D eigenvalue weighted by atomic mass is 32.1. The Labute approximate surface area is 74.4 Å². The SMILES string of the molecule is [2H][C@H]1NC(=S)N2CC(C)(C)C[C@H]12. The van der Waals surface area contributed by atoms with Gasteiger partial charge in [0, 0.05) is 19.1 Å². The molecule has 0 aliphatic carbocycles. The van der Waals surface area contributed by atoms with E-state index in [4.69, 9.17) is 13.6 Å². The zero-order valence-corrected chi connectivity index (χ0v) is 7.74. The first-order valence-electron chi connectivity index (χ1n) is 4.57. The van der Waals surface area contributed by atoms with Gasteiger partial charge < -0.3 is 10.2 Å². The van der Waals surface area contributed by atoms with Crippen LogP contribution in [-0.2, 0) is 0 Å². The molecule has 2 rings (SSSR count). The Morgan fingerprint density at radius 3 is 3.18 bits per heavy atom. The molecule has 0 radical (unpaired) electrons. The number of rotatable bonds is 0. The van der Waals surface area contributed by atoms with Crippen molar-refractivity contribution in [1.29, 1.82) is 0 Å². The fourth-order valence-corrected chi connectivity index (χ4v) is 2.21. The second kappa shape index (κ2) is 2.09. The van der Waals surface area contributed by atoms with E-state index in [0.717, 1.165) is 18.1 Å². The van der Waals surface area contributed by atoms with Crippen molar-refractivity contribution in [1.82, 2.24) is 10.2 Å². The van der Waals surface area contributed by atoms with Gasteiger partial charge in [-0.1, -0.05) is 13.8 Å². The zero-order chi connectivity index (χ0) is 8.93. The molecule has 0 aromatic carbocycles. The molecule has 0 spiro atoms. The van der Waals surface area contributed by atoms with Crippen molar-refractivity contribution < 1.29 is 1.37 Å². The highest BCUT2D eigenvalue weighted by Gasteiger charge is 2.41. The molecule has 2 nitrogen and oxygen atoms in total. The average molecular weight is 171 g/mol. The summed E-state index contributed by atoms with van der Waals surface area (Å²) >= 11 is 5.13. The summed E-state index contributed by atoms with van der Waals surface area (Å²) in [5.41, 5.74) is 0.329. The van der Waals surface area contributed by atoms with Gasteiger partial charge in [0.15, 0.2) is 5.11 Å². The molecule has 3 heteroatoms. The first-order valence-corrected chi connectivity index (χ1v) is 4.40. The van der Waals surface area contributed by atoms with E-state index < -0.39 is 0 Å². The predicted molar refractivity (Wildman–Crippen MR) is 49.5 cm³/mol. The second-order valence-corrected chi connectivity index (χ2v) is 4.57. The summed E-state index contributed by atoms with van der Waals surface area (Å²) in [6, 6.07) is 0.312. The minimum absolute atomic E-state index is 0.209. The van der Waals surface area contributed by atoms with Gasteiger partial charge in [-0.2, -0.15) is 0 Å². The second-order valence-electron chi connectivity index (χ2n) is 4.18. The quantitative estimate of drug-likeness (QED) is 0.547. The lowest BCUT2D eigenvalue weighted by molar-refractivity contribution is 0.376. The van der Waals surface area contributed by atoms with Gasteiger partial charge in [0.2, 0.25) is 0 Å². The molecule has 0 aromatic rings. The Kier molecular flexibility index (Phi) is 1.19. The molecule has 2 saturated heterocycles. The van der Waals surface area contributed by atoms with Crippen LogP contribution in [0.3, 0.4) is 0 Å². The number of nitrogens with zero attached hydrogens (tertiary/aromatic N) is 1. The molecule has 2 fully saturated rings. The summed E-state index contributed by atoms with van der Waals surface area (Å²) < 4.78 is 7.73. The Balaban J connectivity index is 2.20. The van der Waals surface area contributed by atoms with E-state index >= 15 is 0 Å². The van der Waals surface area contributed by atoms with E-state index in [9.17, 15) is 0 Å². The van der Waals surface area contributed by atoms with Gasteiger partial charge in [0.1, 0.15) is 0 Å². The number of fused-ring (bicyclic) bond motifs is 1. The highest BCUT2D eigenvalue weighted by molar-refractivity contribution is 7.80. The van der Waals surface area contributed by atoms with Crippen LogP contribution in [0.4, 0.5) is 0 Å². The summed E-state index contributed by atoms with van der Waals surface area (Å²) in [6.07, 6.45) is 1.08. The molecule has 62 valence electrons. The van der Waals surface area contributed by atoms with E-state index in [2.05, 4.69) is 24.1 Å². The monoisotopic (exact) mass is 171 g/mol. The highest BCUT2D eigenvalue weighted by Crippen LogP contribution is 2.35. The van der Waals surface area contributed by atoms with Crippen LogP contribution in [0.1, 0.15) is 21.6 Å². The maximum atomic E-state index is 7.73. The van der Waals surface area contributed by atoms with Gasteiger partial charge in [0.05, 0.1) is 1.37 Å². The van der Waals surface area contributed by atoms with Gasteiger partial charge in [-0.25, -0.2) is 0 Å². The largest absolute Gasteiger partial charge is 0.360 e. The molecule has 11 heavy (non-hydrogen) atoms. The van der Waals surface area contributed by atoms with Crippen molar-refractivity contribution in [2.75, 3.05) is 13.1 Å². The van der Waals surface area contributed by atoms with E-state index in [0.29, 0.717) is 11.5 Å². The van der Waals surface area contributed by atoms with Crippen LogP contribution < -0.4 is 5.32 Å². The fraction of sp³-hybridized carbons (Fsp3) is 0.875. The lowest BCUT2D eigenvalue weighted by Gasteiger charge is -2.18. The molecule has 0 bridgehead atoms. The third kappa shape index (κ3) is 1.11. The van der Waals surface area contributed by atoms with Gasteiger partial charge in [0.25, 0.3) is 0 Å². The Morgan fingerprint density at radius 2 is 2.55 bits per heavy atom. The third-order valence-corrected chi connectivity index (χ3v) is 2.77. The van der Waals surface area contributed by atoms with Crippen molar-refractivity contribution in [3.05, 3.63) is 0 Å². The Bertz CT molecular complexity index is 229. The number of nitrogens with one attached hydrogen (secondary N) is 1. The fourth-order valence-electron chi connectivity index (χ4n) is 1.94. The minimum atomic E-state index is -0.209. The van der Waals surface area contributed by atoms with E-state index in [1.54, 1.807) is 0 Å². The molecule has 0 aromatic heterocycles. The van der Waals surface area contributed by atoms with Crippen molar-refractivity contribution in [3.63, 3.8) is 0 Å². The Morgan fingerprint density at radius 1 is 1.82 bits per heavy atom. The molecule has 0 unspecified atom stereocenters. The van der Waals surface area contributed by atoms with Crippen LogP contribution in [-0.4, -0.2) is 29.1 Å². The molecule has 0 saturated carbocycles. The summed E-state index contributed by atoms with van der Waals surface area (Å²) in [7, 11) is 0. The van der Waals surface area contributed by atoms with Crippen molar-refractivity contribution >= 4 is 17.3 Å². The predicted octanol–water partition coefficient (Wildman–Crippen LogP) is 0.975. The van der Waals surface area contributed by atoms with Crippen LogP contribution in [0.25, 0.3) is 0 Å². The number of thiocarbonyl (C=S) groups is 1. The van der Waals surface area contributed by atoms with Crippen LogP contribution in [0.5, 0.6) is 0 Å². The molecule has 2 aliphatic rings. The molecule has 1 N–H and O–H groups in total. The zero-order valence-electron chi connectivity index (χ0n) is 7.92. The van der Waals surface area contributed by atoms with Crippen LogP contribution in [0.15, 0.2) is 0 Å². The smallest absolute Gasteiger partial charge is 0.169 e. The maximum Gasteiger partial charge on any atom is 0.169 e. The normalized spacial score (nSPS) is 41.8. The molecular weight excluding hydrogens is 156 g/mol. The van der Waals surface area contributed by atoms with E-state index in [1.165, 1.54) is 0 Å². The summed E-state index contributed by atoms with van der Waals surface area (Å²) in [5.74, 6) is 0.